The predicted octanol–water partition coefficient (Wildman–Crippen LogP) is 1.80. The lowest BCUT2D eigenvalue weighted by molar-refractivity contribution is -0.132. The molecule has 1 unspecified atom stereocenters. The maximum absolute atomic E-state index is 12.1. The lowest BCUT2D eigenvalue weighted by Crippen LogP contribution is -2.33. The van der Waals surface area contributed by atoms with Gasteiger partial charge < -0.3 is 10.6 Å². The molecule has 5 heteroatoms. The van der Waals surface area contributed by atoms with Gasteiger partial charge in [0, 0.05) is 19.5 Å². The summed E-state index contributed by atoms with van der Waals surface area (Å²) in [6.07, 6.45) is -2.48. The van der Waals surface area contributed by atoms with Crippen LogP contribution in [0.4, 0.5) is 8.78 Å². The van der Waals surface area contributed by atoms with Crippen molar-refractivity contribution in [3.63, 3.8) is 0 Å². The van der Waals surface area contributed by atoms with E-state index in [9.17, 15) is 13.6 Å². The molecule has 94 valence electrons. The van der Waals surface area contributed by atoms with Gasteiger partial charge in [0.1, 0.15) is 0 Å². The Morgan fingerprint density at radius 3 is 2.47 bits per heavy atom. The first-order chi connectivity index (χ1) is 8.00. The van der Waals surface area contributed by atoms with E-state index in [1.54, 1.807) is 0 Å². The maximum atomic E-state index is 12.1. The van der Waals surface area contributed by atoms with Crippen LogP contribution in [-0.4, -0.2) is 30.8 Å². The van der Waals surface area contributed by atoms with E-state index in [4.69, 9.17) is 5.73 Å². The van der Waals surface area contributed by atoms with Crippen molar-refractivity contribution in [2.45, 2.75) is 18.9 Å². The quantitative estimate of drug-likeness (QED) is 0.855. The highest BCUT2D eigenvalue weighted by molar-refractivity contribution is 5.76. The molecule has 0 heterocycles. The number of nitrogens with two attached hydrogens (primary N) is 1. The van der Waals surface area contributed by atoms with E-state index in [0.717, 1.165) is 10.5 Å². The second kappa shape index (κ2) is 6.30. The molecule has 0 fully saturated rings. The predicted molar refractivity (Wildman–Crippen MR) is 61.6 cm³/mol. The summed E-state index contributed by atoms with van der Waals surface area (Å²) in [5.74, 6) is -0.373. The molecular formula is C12H16F2N2O. The normalized spacial score (nSPS) is 12.5. The molecule has 0 aliphatic rings. The molecule has 0 aliphatic carbocycles. The fourth-order valence-corrected chi connectivity index (χ4v) is 1.47. The minimum atomic E-state index is -2.52. The molecule has 0 saturated carbocycles. The topological polar surface area (TPSA) is 46.3 Å². The smallest absolute Gasteiger partial charge is 0.255 e. The van der Waals surface area contributed by atoms with Crippen molar-refractivity contribution in [2.24, 2.45) is 5.73 Å². The molecule has 1 atom stereocenters. The zero-order chi connectivity index (χ0) is 12.8. The third-order valence-electron chi connectivity index (χ3n) is 2.46. The third-order valence-corrected chi connectivity index (χ3v) is 2.46. The van der Waals surface area contributed by atoms with Gasteiger partial charge in [0.25, 0.3) is 6.43 Å². The van der Waals surface area contributed by atoms with Gasteiger partial charge in [0.15, 0.2) is 0 Å². The molecule has 1 aromatic rings. The van der Waals surface area contributed by atoms with Crippen molar-refractivity contribution in [1.82, 2.24) is 4.90 Å². The summed E-state index contributed by atoms with van der Waals surface area (Å²) < 4.78 is 24.2. The molecule has 3 nitrogen and oxygen atoms in total. The average molecular weight is 242 g/mol. The molecule has 0 radical (unpaired) electrons. The SMILES string of the molecule is CN(CC(F)F)C(=O)CC(N)c1ccccc1. The third kappa shape index (κ3) is 4.48. The largest absolute Gasteiger partial charge is 0.340 e. The molecule has 17 heavy (non-hydrogen) atoms. The molecular weight excluding hydrogens is 226 g/mol. The zero-order valence-corrected chi connectivity index (χ0v) is 9.64. The van der Waals surface area contributed by atoms with Gasteiger partial charge in [-0.15, -0.1) is 0 Å². The van der Waals surface area contributed by atoms with Crippen LogP contribution in [0.1, 0.15) is 18.0 Å². The van der Waals surface area contributed by atoms with Gasteiger partial charge >= 0.3 is 0 Å². The van der Waals surface area contributed by atoms with E-state index in [0.29, 0.717) is 0 Å². The van der Waals surface area contributed by atoms with Gasteiger partial charge in [-0.3, -0.25) is 4.79 Å². The van der Waals surface area contributed by atoms with Crippen LogP contribution in [0.3, 0.4) is 0 Å². The highest BCUT2D eigenvalue weighted by atomic mass is 19.3. The number of carbonyl (C=O) groups excluding carboxylic acids is 1. The van der Waals surface area contributed by atoms with E-state index < -0.39 is 19.0 Å². The Labute approximate surface area is 99.2 Å². The fourth-order valence-electron chi connectivity index (χ4n) is 1.47. The van der Waals surface area contributed by atoms with Crippen molar-refractivity contribution in [1.29, 1.82) is 0 Å². The van der Waals surface area contributed by atoms with Crippen molar-refractivity contribution < 1.29 is 13.6 Å². The number of hydrogen-bond acceptors (Lipinski definition) is 2. The molecule has 1 aromatic carbocycles. The fraction of sp³-hybridized carbons (Fsp3) is 0.417. The molecule has 0 spiro atoms. The molecule has 0 bridgehead atoms. The zero-order valence-electron chi connectivity index (χ0n) is 9.64. The number of hydrogen-bond donors (Lipinski definition) is 1. The summed E-state index contributed by atoms with van der Waals surface area (Å²) in [7, 11) is 1.35. The Balaban J connectivity index is 2.51. The summed E-state index contributed by atoms with van der Waals surface area (Å²) in [6, 6.07) is 8.66. The van der Waals surface area contributed by atoms with Crippen molar-refractivity contribution in [2.75, 3.05) is 13.6 Å². The van der Waals surface area contributed by atoms with Gasteiger partial charge in [-0.2, -0.15) is 0 Å². The van der Waals surface area contributed by atoms with Gasteiger partial charge in [-0.25, -0.2) is 8.78 Å². The second-order valence-corrected chi connectivity index (χ2v) is 3.89. The van der Waals surface area contributed by atoms with E-state index in [1.807, 2.05) is 30.3 Å². The van der Waals surface area contributed by atoms with Gasteiger partial charge in [0.05, 0.1) is 6.54 Å². The first-order valence-corrected chi connectivity index (χ1v) is 5.33. The molecule has 0 aliphatic heterocycles. The van der Waals surface area contributed by atoms with Crippen molar-refractivity contribution >= 4 is 5.91 Å². The van der Waals surface area contributed by atoms with Gasteiger partial charge in [-0.1, -0.05) is 30.3 Å². The number of benzene rings is 1. The van der Waals surface area contributed by atoms with Crippen LogP contribution in [0, 0.1) is 0 Å². The van der Waals surface area contributed by atoms with Gasteiger partial charge in [0.2, 0.25) is 5.91 Å². The van der Waals surface area contributed by atoms with E-state index >= 15 is 0 Å². The number of halogens is 2. The summed E-state index contributed by atoms with van der Waals surface area (Å²) in [6.45, 7) is -0.555. The monoisotopic (exact) mass is 242 g/mol. The number of amides is 1. The van der Waals surface area contributed by atoms with E-state index in [1.165, 1.54) is 7.05 Å². The second-order valence-electron chi connectivity index (χ2n) is 3.89. The number of carbonyl (C=O) groups is 1. The summed E-state index contributed by atoms with van der Waals surface area (Å²) in [5, 5.41) is 0. The van der Waals surface area contributed by atoms with Crippen LogP contribution in [-0.2, 0) is 4.79 Å². The minimum absolute atomic E-state index is 0.0350. The number of alkyl halides is 2. The Kier molecular flexibility index (Phi) is 5.03. The highest BCUT2D eigenvalue weighted by Crippen LogP contribution is 2.14. The Morgan fingerprint density at radius 2 is 1.94 bits per heavy atom. The van der Waals surface area contributed by atoms with Gasteiger partial charge in [-0.05, 0) is 5.56 Å². The standard InChI is InChI=1S/C12H16F2N2O/c1-16(8-11(13)14)12(17)7-10(15)9-5-3-2-4-6-9/h2-6,10-11H,7-8,15H2,1H3. The Hall–Kier alpha value is -1.49. The minimum Gasteiger partial charge on any atom is -0.340 e. The van der Waals surface area contributed by atoms with Crippen LogP contribution in [0.15, 0.2) is 30.3 Å². The lowest BCUT2D eigenvalue weighted by atomic mass is 10.0. The van der Waals surface area contributed by atoms with Crippen molar-refractivity contribution in [3.8, 4) is 0 Å². The first kappa shape index (κ1) is 13.6. The molecule has 1 amide bonds. The molecule has 0 aromatic heterocycles. The van der Waals surface area contributed by atoms with E-state index in [-0.39, 0.29) is 12.3 Å². The number of nitrogens with zero attached hydrogens (tertiary/aromatic N) is 1. The number of rotatable bonds is 5. The van der Waals surface area contributed by atoms with Crippen LogP contribution in [0.2, 0.25) is 0 Å². The first-order valence-electron chi connectivity index (χ1n) is 5.33. The Bertz CT molecular complexity index is 357. The summed E-state index contributed by atoms with van der Waals surface area (Å²) >= 11 is 0. The molecule has 1 rings (SSSR count). The maximum Gasteiger partial charge on any atom is 0.255 e. The summed E-state index contributed by atoms with van der Waals surface area (Å²) in [5.41, 5.74) is 6.65. The average Bonchev–Trinajstić information content (AvgIpc) is 2.29. The summed E-state index contributed by atoms with van der Waals surface area (Å²) in [4.78, 5) is 12.6. The van der Waals surface area contributed by atoms with Crippen LogP contribution < -0.4 is 5.73 Å². The highest BCUT2D eigenvalue weighted by Gasteiger charge is 2.17. The van der Waals surface area contributed by atoms with Crippen LogP contribution in [0.5, 0.6) is 0 Å². The van der Waals surface area contributed by atoms with Crippen molar-refractivity contribution in [3.05, 3.63) is 35.9 Å². The molecule has 2 N–H and O–H groups in total. The van der Waals surface area contributed by atoms with Crippen LogP contribution in [0.25, 0.3) is 0 Å². The van der Waals surface area contributed by atoms with E-state index in [2.05, 4.69) is 0 Å². The lowest BCUT2D eigenvalue weighted by Gasteiger charge is -2.19. The Morgan fingerprint density at radius 1 is 1.35 bits per heavy atom. The van der Waals surface area contributed by atoms with Crippen LogP contribution >= 0.6 is 0 Å². The molecule has 0 saturated heterocycles.